The molecular formula is C18H25NO4. The molecule has 1 aromatic rings. The van der Waals surface area contributed by atoms with E-state index in [0.29, 0.717) is 18.9 Å². The summed E-state index contributed by atoms with van der Waals surface area (Å²) >= 11 is 0. The van der Waals surface area contributed by atoms with Crippen LogP contribution in [-0.2, 0) is 14.3 Å². The van der Waals surface area contributed by atoms with Gasteiger partial charge in [-0.1, -0.05) is 45.0 Å². The normalized spacial score (nSPS) is 22.1. The summed E-state index contributed by atoms with van der Waals surface area (Å²) in [6.45, 7) is 6.65. The van der Waals surface area contributed by atoms with Crippen LogP contribution in [0.4, 0.5) is 0 Å². The summed E-state index contributed by atoms with van der Waals surface area (Å²) in [5.74, 6) is -0.777. The van der Waals surface area contributed by atoms with Crippen LogP contribution in [0.5, 0.6) is 0 Å². The first-order valence-corrected chi connectivity index (χ1v) is 8.06. The maximum absolute atomic E-state index is 12.2. The van der Waals surface area contributed by atoms with Gasteiger partial charge in [-0.2, -0.15) is 0 Å². The molecule has 5 heteroatoms. The Morgan fingerprint density at radius 3 is 2.30 bits per heavy atom. The highest BCUT2D eigenvalue weighted by atomic mass is 16.5. The number of hydrogen-bond donors (Lipinski definition) is 2. The number of carbonyl (C=O) groups is 2. The summed E-state index contributed by atoms with van der Waals surface area (Å²) in [4.78, 5) is 23.7. The van der Waals surface area contributed by atoms with Gasteiger partial charge in [0, 0.05) is 19.4 Å². The van der Waals surface area contributed by atoms with Crippen LogP contribution >= 0.6 is 0 Å². The van der Waals surface area contributed by atoms with E-state index in [9.17, 15) is 14.7 Å². The number of hydrogen-bond acceptors (Lipinski definition) is 3. The molecule has 126 valence electrons. The predicted molar refractivity (Wildman–Crippen MR) is 87.5 cm³/mol. The van der Waals surface area contributed by atoms with Gasteiger partial charge in [0.1, 0.15) is 0 Å². The van der Waals surface area contributed by atoms with Crippen molar-refractivity contribution in [1.82, 2.24) is 5.32 Å². The van der Waals surface area contributed by atoms with Gasteiger partial charge in [0.2, 0.25) is 5.91 Å². The number of benzene rings is 1. The zero-order chi connectivity index (χ0) is 17.0. The van der Waals surface area contributed by atoms with Crippen molar-refractivity contribution in [1.29, 1.82) is 0 Å². The fourth-order valence-electron chi connectivity index (χ4n) is 2.81. The maximum Gasteiger partial charge on any atom is 0.331 e. The smallest absolute Gasteiger partial charge is 0.331 e. The summed E-state index contributed by atoms with van der Waals surface area (Å²) in [5.41, 5.74) is 1.08. The SMILES string of the molecule is CC(C)c1ccc(C(C)CC(=O)NC2(C(=O)O)CCOC2)cc1. The largest absolute Gasteiger partial charge is 0.479 e. The highest BCUT2D eigenvalue weighted by Gasteiger charge is 2.43. The highest BCUT2D eigenvalue weighted by Crippen LogP contribution is 2.24. The quantitative estimate of drug-likeness (QED) is 0.845. The van der Waals surface area contributed by atoms with Gasteiger partial charge in [-0.05, 0) is 23.0 Å². The molecule has 0 aliphatic carbocycles. The highest BCUT2D eigenvalue weighted by molar-refractivity contribution is 5.87. The molecule has 0 radical (unpaired) electrons. The van der Waals surface area contributed by atoms with Crippen LogP contribution in [0.1, 0.15) is 56.6 Å². The lowest BCUT2D eigenvalue weighted by Crippen LogP contribution is -2.55. The standard InChI is InChI=1S/C18H25NO4/c1-12(2)14-4-6-15(7-5-14)13(3)10-16(20)19-18(17(21)22)8-9-23-11-18/h4-7,12-13H,8-11H2,1-3H3,(H,19,20)(H,21,22). The summed E-state index contributed by atoms with van der Waals surface area (Å²) < 4.78 is 5.15. The van der Waals surface area contributed by atoms with Crippen molar-refractivity contribution in [3.05, 3.63) is 35.4 Å². The lowest BCUT2D eigenvalue weighted by molar-refractivity contribution is -0.147. The Labute approximate surface area is 137 Å². The molecule has 2 unspecified atom stereocenters. The second-order valence-electron chi connectivity index (χ2n) is 6.66. The summed E-state index contributed by atoms with van der Waals surface area (Å²) in [6.07, 6.45) is 0.571. The van der Waals surface area contributed by atoms with Gasteiger partial charge >= 0.3 is 5.97 Å². The molecule has 1 amide bonds. The monoisotopic (exact) mass is 319 g/mol. The molecule has 1 aliphatic heterocycles. The molecule has 1 aliphatic rings. The van der Waals surface area contributed by atoms with E-state index in [1.54, 1.807) is 0 Å². The fourth-order valence-corrected chi connectivity index (χ4v) is 2.81. The summed E-state index contributed by atoms with van der Waals surface area (Å²) in [6, 6.07) is 8.24. The lowest BCUT2D eigenvalue weighted by Gasteiger charge is -2.24. The Morgan fingerprint density at radius 1 is 1.22 bits per heavy atom. The van der Waals surface area contributed by atoms with Crippen molar-refractivity contribution < 1.29 is 19.4 Å². The Balaban J connectivity index is 1.97. The van der Waals surface area contributed by atoms with Crippen LogP contribution in [0.3, 0.4) is 0 Å². The molecule has 0 spiro atoms. The number of carboxylic acids is 1. The minimum Gasteiger partial charge on any atom is -0.479 e. The summed E-state index contributed by atoms with van der Waals surface area (Å²) in [7, 11) is 0. The number of ether oxygens (including phenoxy) is 1. The van der Waals surface area contributed by atoms with E-state index in [1.165, 1.54) is 5.56 Å². The number of carboxylic acid groups (broad SMARTS) is 1. The van der Waals surface area contributed by atoms with Gasteiger partial charge in [-0.15, -0.1) is 0 Å². The van der Waals surface area contributed by atoms with E-state index in [4.69, 9.17) is 4.74 Å². The van der Waals surface area contributed by atoms with Crippen LogP contribution in [0.2, 0.25) is 0 Å². The van der Waals surface area contributed by atoms with Crippen LogP contribution in [-0.4, -0.2) is 35.7 Å². The van der Waals surface area contributed by atoms with E-state index >= 15 is 0 Å². The topological polar surface area (TPSA) is 75.6 Å². The first-order chi connectivity index (χ1) is 10.8. The number of carbonyl (C=O) groups excluding carboxylic acids is 1. The molecule has 5 nitrogen and oxygen atoms in total. The lowest BCUT2D eigenvalue weighted by atomic mass is 9.93. The van der Waals surface area contributed by atoms with Gasteiger partial charge in [-0.3, -0.25) is 4.79 Å². The second kappa shape index (κ2) is 7.13. The molecule has 0 bridgehead atoms. The molecule has 0 aromatic heterocycles. The Morgan fingerprint density at radius 2 is 1.83 bits per heavy atom. The van der Waals surface area contributed by atoms with E-state index < -0.39 is 11.5 Å². The third kappa shape index (κ3) is 4.10. The van der Waals surface area contributed by atoms with Gasteiger partial charge in [-0.25, -0.2) is 4.79 Å². The molecule has 2 rings (SSSR count). The predicted octanol–water partition coefficient (Wildman–Crippen LogP) is 2.66. The van der Waals surface area contributed by atoms with Crippen molar-refractivity contribution in [3.8, 4) is 0 Å². The molecule has 1 heterocycles. The molecule has 2 atom stereocenters. The van der Waals surface area contributed by atoms with Gasteiger partial charge in [0.25, 0.3) is 0 Å². The Bertz CT molecular complexity index is 559. The number of rotatable bonds is 6. The summed E-state index contributed by atoms with van der Waals surface area (Å²) in [5, 5.41) is 12.0. The van der Waals surface area contributed by atoms with Gasteiger partial charge in [0.05, 0.1) is 6.61 Å². The second-order valence-corrected chi connectivity index (χ2v) is 6.66. The average molecular weight is 319 g/mol. The fraction of sp³-hybridized carbons (Fsp3) is 0.556. The van der Waals surface area contributed by atoms with E-state index in [0.717, 1.165) is 5.56 Å². The van der Waals surface area contributed by atoms with Crippen LogP contribution in [0, 0.1) is 0 Å². The number of amides is 1. The molecular weight excluding hydrogens is 294 g/mol. The average Bonchev–Trinajstić information content (AvgIpc) is 2.97. The molecule has 23 heavy (non-hydrogen) atoms. The third-order valence-corrected chi connectivity index (χ3v) is 4.47. The zero-order valence-corrected chi connectivity index (χ0v) is 14.0. The molecule has 0 saturated carbocycles. The maximum atomic E-state index is 12.2. The Hall–Kier alpha value is -1.88. The minimum atomic E-state index is -1.27. The van der Waals surface area contributed by atoms with Crippen molar-refractivity contribution in [2.45, 2.75) is 51.0 Å². The number of aliphatic carboxylic acids is 1. The van der Waals surface area contributed by atoms with Crippen molar-refractivity contribution in [2.24, 2.45) is 0 Å². The van der Waals surface area contributed by atoms with Crippen molar-refractivity contribution in [2.75, 3.05) is 13.2 Å². The minimum absolute atomic E-state index is 0.0318. The van der Waals surface area contributed by atoms with Crippen LogP contribution in [0.15, 0.2) is 24.3 Å². The molecule has 1 fully saturated rings. The zero-order valence-electron chi connectivity index (χ0n) is 14.0. The van der Waals surface area contributed by atoms with Crippen LogP contribution in [0.25, 0.3) is 0 Å². The van der Waals surface area contributed by atoms with Gasteiger partial charge in [0.15, 0.2) is 5.54 Å². The van der Waals surface area contributed by atoms with E-state index in [1.807, 2.05) is 19.1 Å². The third-order valence-electron chi connectivity index (χ3n) is 4.47. The van der Waals surface area contributed by atoms with Crippen molar-refractivity contribution in [3.63, 3.8) is 0 Å². The molecule has 2 N–H and O–H groups in total. The van der Waals surface area contributed by atoms with Crippen LogP contribution < -0.4 is 5.32 Å². The van der Waals surface area contributed by atoms with Crippen molar-refractivity contribution >= 4 is 11.9 Å². The first-order valence-electron chi connectivity index (χ1n) is 8.06. The Kier molecular flexibility index (Phi) is 5.42. The molecule has 1 saturated heterocycles. The van der Waals surface area contributed by atoms with E-state index in [2.05, 4.69) is 31.3 Å². The van der Waals surface area contributed by atoms with Gasteiger partial charge < -0.3 is 15.2 Å². The number of nitrogens with one attached hydrogen (secondary N) is 1. The van der Waals surface area contributed by atoms with E-state index in [-0.39, 0.29) is 24.9 Å². The molecule has 1 aromatic carbocycles. The first kappa shape index (κ1) is 17.5.